The molecule has 0 unspecified atom stereocenters. The maximum absolute atomic E-state index is 11.6. The number of H-pyrrole nitrogens is 1. The van der Waals surface area contributed by atoms with Crippen LogP contribution < -0.4 is 10.9 Å². The smallest absolute Gasteiger partial charge is 0.251 e. The van der Waals surface area contributed by atoms with Crippen molar-refractivity contribution in [1.82, 2.24) is 15.0 Å². The molecule has 0 saturated heterocycles. The highest BCUT2D eigenvalue weighted by Gasteiger charge is 2.06. The minimum atomic E-state index is -0.0888. The van der Waals surface area contributed by atoms with Crippen LogP contribution in [0.5, 0.6) is 0 Å². The molecule has 112 valence electrons. The zero-order valence-electron chi connectivity index (χ0n) is 12.3. The predicted octanol–water partition coefficient (Wildman–Crippen LogP) is 2.84. The molecule has 5 nitrogen and oxygen atoms in total. The van der Waals surface area contributed by atoms with Crippen molar-refractivity contribution in [2.75, 3.05) is 11.9 Å². The van der Waals surface area contributed by atoms with Crippen LogP contribution in [-0.2, 0) is 12.2 Å². The molecule has 0 amide bonds. The normalized spacial score (nSPS) is 10.6. The summed E-state index contributed by atoms with van der Waals surface area (Å²) >= 11 is 1.52. The lowest BCUT2D eigenvalue weighted by atomic mass is 10.2. The molecular formula is C15H20N4OS. The van der Waals surface area contributed by atoms with E-state index in [0.717, 1.165) is 36.5 Å². The molecule has 2 heterocycles. The monoisotopic (exact) mass is 304 g/mol. The van der Waals surface area contributed by atoms with E-state index in [9.17, 15) is 4.79 Å². The van der Waals surface area contributed by atoms with Crippen molar-refractivity contribution in [1.29, 1.82) is 0 Å². The molecule has 0 aliphatic carbocycles. The van der Waals surface area contributed by atoms with Crippen molar-refractivity contribution >= 4 is 17.6 Å². The molecule has 2 aromatic rings. The van der Waals surface area contributed by atoms with E-state index in [2.05, 4.69) is 27.2 Å². The Labute approximate surface area is 128 Å². The fourth-order valence-corrected chi connectivity index (χ4v) is 2.84. The van der Waals surface area contributed by atoms with Crippen molar-refractivity contribution < 1.29 is 0 Å². The Morgan fingerprint density at radius 3 is 3.00 bits per heavy atom. The first-order valence-corrected chi connectivity index (χ1v) is 8.12. The first kappa shape index (κ1) is 15.6. The quantitative estimate of drug-likeness (QED) is 0.608. The van der Waals surface area contributed by atoms with Gasteiger partial charge in [0.25, 0.3) is 5.56 Å². The van der Waals surface area contributed by atoms with Crippen molar-refractivity contribution in [3.8, 4) is 0 Å². The Bertz CT molecular complexity index is 642. The van der Waals surface area contributed by atoms with E-state index in [0.29, 0.717) is 10.9 Å². The minimum absolute atomic E-state index is 0.0888. The summed E-state index contributed by atoms with van der Waals surface area (Å²) in [5, 5.41) is 3.90. The standard InChI is InChI=1S/C15H20N4OS/c1-3-6-12-9-13(20)19-15(18-12)21-10-11-7-5-8-17-14(11)16-4-2/h5,7-9H,3-4,6,10H2,1-2H3,(H,16,17)(H,18,19,20). The van der Waals surface area contributed by atoms with Crippen LogP contribution >= 0.6 is 11.8 Å². The highest BCUT2D eigenvalue weighted by atomic mass is 32.2. The fraction of sp³-hybridized carbons (Fsp3) is 0.400. The van der Waals surface area contributed by atoms with Crippen LogP contribution in [0, 0.1) is 0 Å². The van der Waals surface area contributed by atoms with Gasteiger partial charge in [0.2, 0.25) is 0 Å². The summed E-state index contributed by atoms with van der Waals surface area (Å²) in [7, 11) is 0. The second-order valence-corrected chi connectivity index (χ2v) is 5.59. The average molecular weight is 304 g/mol. The summed E-state index contributed by atoms with van der Waals surface area (Å²) in [5.74, 6) is 1.61. The third-order valence-corrected chi connectivity index (χ3v) is 3.80. The summed E-state index contributed by atoms with van der Waals surface area (Å²) in [6.07, 6.45) is 3.58. The number of thioether (sulfide) groups is 1. The van der Waals surface area contributed by atoms with Crippen LogP contribution in [0.4, 0.5) is 5.82 Å². The maximum atomic E-state index is 11.6. The van der Waals surface area contributed by atoms with Gasteiger partial charge in [0.15, 0.2) is 5.16 Å². The van der Waals surface area contributed by atoms with E-state index >= 15 is 0 Å². The number of hydrogen-bond acceptors (Lipinski definition) is 5. The molecule has 0 bridgehead atoms. The van der Waals surface area contributed by atoms with Crippen LogP contribution in [0.2, 0.25) is 0 Å². The number of pyridine rings is 1. The third kappa shape index (κ3) is 4.60. The first-order valence-electron chi connectivity index (χ1n) is 7.13. The van der Waals surface area contributed by atoms with Crippen LogP contribution in [0.25, 0.3) is 0 Å². The van der Waals surface area contributed by atoms with E-state index in [1.54, 1.807) is 12.3 Å². The number of nitrogens with zero attached hydrogens (tertiary/aromatic N) is 2. The molecule has 0 atom stereocenters. The second-order valence-electron chi connectivity index (χ2n) is 4.62. The molecule has 0 aliphatic heterocycles. The number of hydrogen-bond donors (Lipinski definition) is 2. The molecule has 2 rings (SSSR count). The molecule has 2 aromatic heterocycles. The minimum Gasteiger partial charge on any atom is -0.370 e. The molecule has 0 aromatic carbocycles. The lowest BCUT2D eigenvalue weighted by Crippen LogP contribution is -2.10. The predicted molar refractivity (Wildman–Crippen MR) is 86.8 cm³/mol. The number of aromatic nitrogens is 3. The molecule has 0 radical (unpaired) electrons. The maximum Gasteiger partial charge on any atom is 0.251 e. The van der Waals surface area contributed by atoms with Crippen molar-refractivity contribution in [3.63, 3.8) is 0 Å². The number of nitrogens with one attached hydrogen (secondary N) is 2. The number of aromatic amines is 1. The van der Waals surface area contributed by atoms with Crippen LogP contribution in [-0.4, -0.2) is 21.5 Å². The molecule has 0 aliphatic rings. The lowest BCUT2D eigenvalue weighted by molar-refractivity contribution is 0.816. The molecule has 0 fully saturated rings. The number of aryl methyl sites for hydroxylation is 1. The Kier molecular flexibility index (Phi) is 5.80. The lowest BCUT2D eigenvalue weighted by Gasteiger charge is -2.09. The van der Waals surface area contributed by atoms with Crippen molar-refractivity contribution in [3.05, 3.63) is 46.0 Å². The van der Waals surface area contributed by atoms with Gasteiger partial charge in [-0.3, -0.25) is 4.79 Å². The second kappa shape index (κ2) is 7.83. The largest absolute Gasteiger partial charge is 0.370 e. The molecule has 2 N–H and O–H groups in total. The van der Waals surface area contributed by atoms with Gasteiger partial charge in [-0.2, -0.15) is 0 Å². The van der Waals surface area contributed by atoms with Crippen LogP contribution in [0.3, 0.4) is 0 Å². The third-order valence-electron chi connectivity index (χ3n) is 2.88. The average Bonchev–Trinajstić information content (AvgIpc) is 2.46. The van der Waals surface area contributed by atoms with Gasteiger partial charge < -0.3 is 10.3 Å². The van der Waals surface area contributed by atoms with Crippen molar-refractivity contribution in [2.45, 2.75) is 37.6 Å². The van der Waals surface area contributed by atoms with Gasteiger partial charge in [-0.05, 0) is 19.4 Å². The van der Waals surface area contributed by atoms with E-state index in [-0.39, 0.29) is 5.56 Å². The zero-order chi connectivity index (χ0) is 15.1. The molecule has 6 heteroatoms. The highest BCUT2D eigenvalue weighted by molar-refractivity contribution is 7.98. The van der Waals surface area contributed by atoms with Gasteiger partial charge in [0.05, 0.1) is 0 Å². The van der Waals surface area contributed by atoms with E-state index in [1.807, 2.05) is 19.1 Å². The van der Waals surface area contributed by atoms with Gasteiger partial charge in [0.1, 0.15) is 5.82 Å². The Morgan fingerprint density at radius 2 is 2.24 bits per heavy atom. The summed E-state index contributed by atoms with van der Waals surface area (Å²) in [6.45, 7) is 4.95. The van der Waals surface area contributed by atoms with Gasteiger partial charge in [-0.25, -0.2) is 9.97 Å². The van der Waals surface area contributed by atoms with Crippen molar-refractivity contribution in [2.24, 2.45) is 0 Å². The summed E-state index contributed by atoms with van der Waals surface area (Å²) in [4.78, 5) is 23.2. The van der Waals surface area contributed by atoms with Crippen LogP contribution in [0.1, 0.15) is 31.5 Å². The molecular weight excluding hydrogens is 284 g/mol. The fourth-order valence-electron chi connectivity index (χ4n) is 1.96. The Balaban J connectivity index is 2.11. The van der Waals surface area contributed by atoms with Gasteiger partial charge in [-0.15, -0.1) is 0 Å². The summed E-state index contributed by atoms with van der Waals surface area (Å²) in [6, 6.07) is 5.52. The number of rotatable bonds is 7. The summed E-state index contributed by atoms with van der Waals surface area (Å²) in [5.41, 5.74) is 1.86. The van der Waals surface area contributed by atoms with E-state index < -0.39 is 0 Å². The molecule has 0 saturated carbocycles. The molecule has 21 heavy (non-hydrogen) atoms. The topological polar surface area (TPSA) is 70.7 Å². The van der Waals surface area contributed by atoms with Gasteiger partial charge in [-0.1, -0.05) is 31.2 Å². The molecule has 0 spiro atoms. The first-order chi connectivity index (χ1) is 10.2. The summed E-state index contributed by atoms with van der Waals surface area (Å²) < 4.78 is 0. The van der Waals surface area contributed by atoms with E-state index in [4.69, 9.17) is 0 Å². The van der Waals surface area contributed by atoms with Gasteiger partial charge in [0, 0.05) is 35.8 Å². The van der Waals surface area contributed by atoms with E-state index in [1.165, 1.54) is 11.8 Å². The number of anilines is 1. The Morgan fingerprint density at radius 1 is 1.38 bits per heavy atom. The van der Waals surface area contributed by atoms with Gasteiger partial charge >= 0.3 is 0 Å². The Hall–Kier alpha value is -1.82. The van der Waals surface area contributed by atoms with Crippen LogP contribution in [0.15, 0.2) is 34.3 Å². The zero-order valence-corrected chi connectivity index (χ0v) is 13.2. The SMILES string of the molecule is CCCc1cc(=O)[nH]c(SCc2cccnc2NCC)n1. The highest BCUT2D eigenvalue weighted by Crippen LogP contribution is 2.22.